The Labute approximate surface area is 231 Å². The third-order valence-electron chi connectivity index (χ3n) is 7.17. The Morgan fingerprint density at radius 2 is 1.82 bits per heavy atom. The molecule has 0 spiro atoms. The van der Waals surface area contributed by atoms with Gasteiger partial charge in [-0.1, -0.05) is 24.3 Å². The molecule has 0 saturated heterocycles. The van der Waals surface area contributed by atoms with Gasteiger partial charge >= 0.3 is 5.97 Å². The van der Waals surface area contributed by atoms with Gasteiger partial charge in [-0.3, -0.25) is 4.79 Å². The molecule has 0 amide bonds. The van der Waals surface area contributed by atoms with Gasteiger partial charge in [-0.15, -0.1) is 0 Å². The molecule has 0 saturated carbocycles. The molecule has 1 aliphatic rings. The zero-order chi connectivity index (χ0) is 28.2. The zero-order valence-corrected chi connectivity index (χ0v) is 24.1. The van der Waals surface area contributed by atoms with Crippen molar-refractivity contribution in [3.8, 4) is 22.6 Å². The van der Waals surface area contributed by atoms with Crippen LogP contribution in [0.1, 0.15) is 46.6 Å². The van der Waals surface area contributed by atoms with Crippen molar-refractivity contribution < 1.29 is 27.4 Å². The first-order valence-electron chi connectivity index (χ1n) is 13.1. The van der Waals surface area contributed by atoms with Crippen molar-refractivity contribution in [1.29, 1.82) is 0 Å². The number of hydrogen-bond acceptors (Lipinski definition) is 7. The summed E-state index contributed by atoms with van der Waals surface area (Å²) in [6.07, 6.45) is 2.03. The van der Waals surface area contributed by atoms with E-state index in [1.54, 1.807) is 0 Å². The van der Waals surface area contributed by atoms with Gasteiger partial charge in [-0.25, -0.2) is 8.42 Å². The molecule has 0 aliphatic carbocycles. The fourth-order valence-corrected chi connectivity index (χ4v) is 5.77. The Morgan fingerprint density at radius 1 is 1.08 bits per heavy atom. The van der Waals surface area contributed by atoms with E-state index in [1.807, 2.05) is 30.3 Å². The van der Waals surface area contributed by atoms with Crippen molar-refractivity contribution in [1.82, 2.24) is 0 Å². The number of nitrogens with one attached hydrogen (secondary N) is 1. The lowest BCUT2D eigenvalue weighted by molar-refractivity contribution is -0.141. The van der Waals surface area contributed by atoms with E-state index in [2.05, 4.69) is 44.3 Å². The summed E-state index contributed by atoms with van der Waals surface area (Å²) >= 11 is 0. The van der Waals surface area contributed by atoms with E-state index < -0.39 is 9.84 Å². The molecule has 1 N–H and O–H groups in total. The number of methoxy groups -OCH3 is 1. The van der Waals surface area contributed by atoms with Crippen LogP contribution in [0.4, 0.5) is 5.69 Å². The highest BCUT2D eigenvalue weighted by Gasteiger charge is 2.27. The van der Waals surface area contributed by atoms with E-state index in [1.165, 1.54) is 35.6 Å². The third-order valence-corrected chi connectivity index (χ3v) is 8.20. The predicted octanol–water partition coefficient (Wildman–Crippen LogP) is 5.74. The van der Waals surface area contributed by atoms with Gasteiger partial charge in [0.2, 0.25) is 0 Å². The van der Waals surface area contributed by atoms with Crippen LogP contribution in [0.3, 0.4) is 0 Å². The Morgan fingerprint density at radius 3 is 2.51 bits per heavy atom. The number of sulfone groups is 1. The lowest BCUT2D eigenvalue weighted by atomic mass is 9.90. The first-order chi connectivity index (χ1) is 18.6. The number of rotatable bonds is 11. The molecule has 3 aromatic rings. The van der Waals surface area contributed by atoms with Gasteiger partial charge in [0.15, 0.2) is 0 Å². The van der Waals surface area contributed by atoms with Gasteiger partial charge in [-0.05, 0) is 78.8 Å². The molecule has 0 aromatic heterocycles. The van der Waals surface area contributed by atoms with Crippen molar-refractivity contribution in [2.75, 3.05) is 37.6 Å². The number of carbonyl (C=O) groups is 1. The number of carbonyl (C=O) groups excluding carboxylic acids is 1. The minimum absolute atomic E-state index is 0.0242. The van der Waals surface area contributed by atoms with Gasteiger partial charge in [0, 0.05) is 36.0 Å². The first kappa shape index (κ1) is 28.5. The maximum Gasteiger partial charge on any atom is 0.306 e. The molecular formula is C31H37NO6S. The Kier molecular flexibility index (Phi) is 8.85. The predicted molar refractivity (Wildman–Crippen MR) is 155 cm³/mol. The lowest BCUT2D eigenvalue weighted by Gasteiger charge is -2.18. The summed E-state index contributed by atoms with van der Waals surface area (Å²) < 4.78 is 39.2. The maximum atomic E-state index is 11.7. The summed E-state index contributed by atoms with van der Waals surface area (Å²) in [6, 6.07) is 16.4. The molecule has 208 valence electrons. The van der Waals surface area contributed by atoms with Crippen molar-refractivity contribution in [2.24, 2.45) is 0 Å². The van der Waals surface area contributed by atoms with Gasteiger partial charge in [-0.2, -0.15) is 0 Å². The number of anilines is 1. The molecule has 1 heterocycles. The molecule has 8 heteroatoms. The summed E-state index contributed by atoms with van der Waals surface area (Å²) in [5.74, 6) is 1.48. The van der Waals surface area contributed by atoms with Crippen molar-refractivity contribution in [2.45, 2.75) is 46.1 Å². The van der Waals surface area contributed by atoms with Gasteiger partial charge in [0.1, 0.15) is 21.3 Å². The number of aryl methyl sites for hydroxylation is 2. The second-order valence-electron chi connectivity index (χ2n) is 10.2. The zero-order valence-electron chi connectivity index (χ0n) is 23.3. The number of benzene rings is 3. The number of ether oxygens (including phenoxy) is 3. The monoisotopic (exact) mass is 551 g/mol. The van der Waals surface area contributed by atoms with Crippen molar-refractivity contribution in [3.63, 3.8) is 0 Å². The summed E-state index contributed by atoms with van der Waals surface area (Å²) in [6.45, 7) is 7.80. The van der Waals surface area contributed by atoms with Crippen molar-refractivity contribution in [3.05, 3.63) is 76.3 Å². The van der Waals surface area contributed by atoms with Crippen LogP contribution in [0.2, 0.25) is 0 Å². The van der Waals surface area contributed by atoms with E-state index in [9.17, 15) is 13.2 Å². The first-order valence-corrected chi connectivity index (χ1v) is 15.2. The number of fused-ring (bicyclic) bond motifs is 1. The second-order valence-corrected chi connectivity index (χ2v) is 12.5. The molecule has 3 aromatic carbocycles. The lowest BCUT2D eigenvalue weighted by Crippen LogP contribution is -2.09. The molecule has 0 bridgehead atoms. The second kappa shape index (κ2) is 12.1. The Balaban J connectivity index is 1.45. The average molecular weight is 552 g/mol. The highest BCUT2D eigenvalue weighted by molar-refractivity contribution is 7.90. The summed E-state index contributed by atoms with van der Waals surface area (Å²) in [5.41, 5.74) is 8.97. The smallest absolute Gasteiger partial charge is 0.306 e. The molecular weight excluding hydrogens is 514 g/mol. The number of esters is 1. The summed E-state index contributed by atoms with van der Waals surface area (Å²) in [5, 5.41) is 3.52. The molecule has 0 fully saturated rings. The van der Waals surface area contributed by atoms with Gasteiger partial charge < -0.3 is 19.5 Å². The molecule has 0 radical (unpaired) electrons. The van der Waals surface area contributed by atoms with Crippen LogP contribution >= 0.6 is 0 Å². The highest BCUT2D eigenvalue weighted by Crippen LogP contribution is 2.38. The third kappa shape index (κ3) is 7.12. The topological polar surface area (TPSA) is 90.9 Å². The van der Waals surface area contributed by atoms with E-state index in [0.29, 0.717) is 32.6 Å². The van der Waals surface area contributed by atoms with Crippen LogP contribution < -0.4 is 14.8 Å². The van der Waals surface area contributed by atoms with Gasteiger partial charge in [0.05, 0.1) is 32.5 Å². The Hall–Kier alpha value is -3.52. The molecule has 4 rings (SSSR count). The molecule has 1 atom stereocenters. The quantitative estimate of drug-likeness (QED) is 0.240. The fraction of sp³-hybridized carbons (Fsp3) is 0.387. The highest BCUT2D eigenvalue weighted by atomic mass is 32.2. The van der Waals surface area contributed by atoms with E-state index in [4.69, 9.17) is 14.2 Å². The minimum Gasteiger partial charge on any atom is -0.494 e. The van der Waals surface area contributed by atoms with Crippen LogP contribution in [-0.2, 0) is 25.9 Å². The fourth-order valence-electron chi connectivity index (χ4n) is 5.13. The average Bonchev–Trinajstić information content (AvgIpc) is 3.27. The molecule has 7 nitrogen and oxygen atoms in total. The van der Waals surface area contributed by atoms with Crippen LogP contribution in [0.25, 0.3) is 11.1 Å². The van der Waals surface area contributed by atoms with Crippen molar-refractivity contribution >= 4 is 21.5 Å². The van der Waals surface area contributed by atoms with E-state index in [0.717, 1.165) is 33.9 Å². The largest absolute Gasteiger partial charge is 0.494 e. The van der Waals surface area contributed by atoms with Crippen LogP contribution in [0, 0.1) is 20.8 Å². The van der Waals surface area contributed by atoms with Crippen LogP contribution in [-0.4, -0.2) is 46.7 Å². The van der Waals surface area contributed by atoms with Gasteiger partial charge in [0.25, 0.3) is 0 Å². The molecule has 1 aliphatic heterocycles. The number of hydrogen-bond donors (Lipinski definition) is 1. The SMILES string of the molecule is COC(=O)C[C@@H]1COc2cc(NCc3cccc(-c4c(C)cc(OCCCS(C)(=O)=O)cc4C)c3C)ccc21. The maximum absolute atomic E-state index is 11.7. The van der Waals surface area contributed by atoms with Crippen LogP contribution in [0.5, 0.6) is 11.5 Å². The Bertz CT molecular complexity index is 1440. The summed E-state index contributed by atoms with van der Waals surface area (Å²) in [4.78, 5) is 11.7. The molecule has 39 heavy (non-hydrogen) atoms. The standard InChI is InChI=1S/C31H37NO6S/c1-20-14-26(37-12-7-13-39(5,34)35)15-21(2)31(20)27-9-6-8-23(22(27)3)18-32-25-10-11-28-24(16-30(33)36-4)19-38-29(28)17-25/h6,8-11,14-15,17,24,32H,7,12-13,16,18-19H2,1-5H3/t24-/m1/s1. The molecule has 0 unspecified atom stereocenters. The summed E-state index contributed by atoms with van der Waals surface area (Å²) in [7, 11) is -1.58. The van der Waals surface area contributed by atoms with E-state index in [-0.39, 0.29) is 17.6 Å². The van der Waals surface area contributed by atoms with Crippen LogP contribution in [0.15, 0.2) is 48.5 Å². The normalized spacial score (nSPS) is 14.4. The van der Waals surface area contributed by atoms with E-state index >= 15 is 0 Å². The minimum atomic E-state index is -2.99.